The summed E-state index contributed by atoms with van der Waals surface area (Å²) in [5, 5.41) is 8.58. The molecule has 0 unspecified atom stereocenters. The third-order valence-corrected chi connectivity index (χ3v) is 2.65. The van der Waals surface area contributed by atoms with E-state index in [0.29, 0.717) is 5.75 Å². The van der Waals surface area contributed by atoms with Gasteiger partial charge in [0.15, 0.2) is 6.61 Å². The lowest BCUT2D eigenvalue weighted by Crippen LogP contribution is -2.09. The number of hydrogen-bond donors (Lipinski definition) is 1. The van der Waals surface area contributed by atoms with E-state index in [0.717, 1.165) is 11.1 Å². The fraction of sp³-hybridized carbons (Fsp3) is 0.133. The fourth-order valence-electron chi connectivity index (χ4n) is 1.80. The first kappa shape index (κ1) is 12.2. The predicted octanol–water partition coefficient (Wildman–Crippen LogP) is 3.13. The summed E-state index contributed by atoms with van der Waals surface area (Å²) in [6, 6.07) is 15.5. The Morgan fingerprint density at radius 1 is 1.17 bits per heavy atom. The molecule has 3 heteroatoms. The third kappa shape index (κ3) is 2.88. The van der Waals surface area contributed by atoms with Crippen molar-refractivity contribution in [2.45, 2.75) is 6.92 Å². The minimum atomic E-state index is -0.976. The molecule has 0 aliphatic carbocycles. The van der Waals surface area contributed by atoms with Gasteiger partial charge < -0.3 is 9.84 Å². The van der Waals surface area contributed by atoms with Crippen molar-refractivity contribution in [1.29, 1.82) is 0 Å². The molecular formula is C15H14O3. The quantitative estimate of drug-likeness (QED) is 0.896. The molecule has 0 aliphatic rings. The van der Waals surface area contributed by atoms with E-state index in [1.807, 2.05) is 49.4 Å². The topological polar surface area (TPSA) is 46.5 Å². The van der Waals surface area contributed by atoms with Crippen molar-refractivity contribution < 1.29 is 14.6 Å². The van der Waals surface area contributed by atoms with Crippen molar-refractivity contribution in [2.24, 2.45) is 0 Å². The van der Waals surface area contributed by atoms with Crippen molar-refractivity contribution in [2.75, 3.05) is 6.61 Å². The van der Waals surface area contributed by atoms with Crippen LogP contribution in [0.5, 0.6) is 5.75 Å². The number of ether oxygens (including phenoxy) is 1. The van der Waals surface area contributed by atoms with Crippen LogP contribution >= 0.6 is 0 Å². The molecular weight excluding hydrogens is 228 g/mol. The van der Waals surface area contributed by atoms with Gasteiger partial charge >= 0.3 is 5.97 Å². The number of carboxylic acids is 1. The van der Waals surface area contributed by atoms with Crippen LogP contribution < -0.4 is 4.74 Å². The van der Waals surface area contributed by atoms with Gasteiger partial charge in [-0.2, -0.15) is 0 Å². The van der Waals surface area contributed by atoms with Gasteiger partial charge in [0.1, 0.15) is 5.75 Å². The molecule has 18 heavy (non-hydrogen) atoms. The molecule has 0 saturated heterocycles. The largest absolute Gasteiger partial charge is 0.482 e. The summed E-state index contributed by atoms with van der Waals surface area (Å²) in [7, 11) is 0. The SMILES string of the molecule is Cc1ccccc1-c1cccc(OCC(=O)O)c1. The molecule has 0 atom stereocenters. The maximum atomic E-state index is 10.5. The summed E-state index contributed by atoms with van der Waals surface area (Å²) >= 11 is 0. The predicted molar refractivity (Wildman–Crippen MR) is 69.7 cm³/mol. The molecule has 0 bridgehead atoms. The number of hydrogen-bond acceptors (Lipinski definition) is 2. The second-order valence-electron chi connectivity index (χ2n) is 4.03. The van der Waals surface area contributed by atoms with Gasteiger partial charge in [-0.25, -0.2) is 4.79 Å². The number of carbonyl (C=O) groups is 1. The Kier molecular flexibility index (Phi) is 3.63. The zero-order valence-electron chi connectivity index (χ0n) is 10.1. The number of aliphatic carboxylic acids is 1. The standard InChI is InChI=1S/C15H14O3/c1-11-5-2-3-8-14(11)12-6-4-7-13(9-12)18-10-15(16)17/h2-9H,10H2,1H3,(H,16,17). The highest BCUT2D eigenvalue weighted by Gasteiger charge is 2.04. The molecule has 1 N–H and O–H groups in total. The van der Waals surface area contributed by atoms with Crippen LogP contribution in [0, 0.1) is 6.92 Å². The van der Waals surface area contributed by atoms with E-state index in [9.17, 15) is 4.79 Å². The van der Waals surface area contributed by atoms with E-state index in [1.165, 1.54) is 5.56 Å². The zero-order valence-corrected chi connectivity index (χ0v) is 10.1. The minimum Gasteiger partial charge on any atom is -0.482 e. The average molecular weight is 242 g/mol. The number of benzene rings is 2. The van der Waals surface area contributed by atoms with Crippen molar-refractivity contribution in [3.05, 3.63) is 54.1 Å². The summed E-state index contributed by atoms with van der Waals surface area (Å²) in [4.78, 5) is 10.5. The van der Waals surface area contributed by atoms with Crippen LogP contribution in [0.1, 0.15) is 5.56 Å². The van der Waals surface area contributed by atoms with Gasteiger partial charge in [0.25, 0.3) is 0 Å². The summed E-state index contributed by atoms with van der Waals surface area (Å²) < 4.78 is 5.17. The Hall–Kier alpha value is -2.29. The molecule has 0 heterocycles. The smallest absolute Gasteiger partial charge is 0.341 e. The van der Waals surface area contributed by atoms with Gasteiger partial charge in [0.2, 0.25) is 0 Å². The van der Waals surface area contributed by atoms with E-state index in [4.69, 9.17) is 9.84 Å². The number of carboxylic acid groups (broad SMARTS) is 1. The second kappa shape index (κ2) is 5.36. The van der Waals surface area contributed by atoms with Crippen LogP contribution in [0.15, 0.2) is 48.5 Å². The Bertz CT molecular complexity index is 561. The summed E-state index contributed by atoms with van der Waals surface area (Å²) in [5.74, 6) is -0.408. The molecule has 92 valence electrons. The molecule has 2 rings (SSSR count). The highest BCUT2D eigenvalue weighted by atomic mass is 16.5. The Morgan fingerprint density at radius 3 is 2.67 bits per heavy atom. The summed E-state index contributed by atoms with van der Waals surface area (Å²) in [5.41, 5.74) is 3.32. The van der Waals surface area contributed by atoms with Crippen LogP contribution in [0.25, 0.3) is 11.1 Å². The highest BCUT2D eigenvalue weighted by Crippen LogP contribution is 2.26. The van der Waals surface area contributed by atoms with Gasteiger partial charge in [-0.3, -0.25) is 0 Å². The molecule has 0 aromatic heterocycles. The third-order valence-electron chi connectivity index (χ3n) is 2.65. The molecule has 3 nitrogen and oxygen atoms in total. The summed E-state index contributed by atoms with van der Waals surface area (Å²) in [6.07, 6.45) is 0. The van der Waals surface area contributed by atoms with Crippen LogP contribution in [-0.4, -0.2) is 17.7 Å². The fourth-order valence-corrected chi connectivity index (χ4v) is 1.80. The Labute approximate surface area is 106 Å². The lowest BCUT2D eigenvalue weighted by molar-refractivity contribution is -0.139. The average Bonchev–Trinajstić information content (AvgIpc) is 2.37. The second-order valence-corrected chi connectivity index (χ2v) is 4.03. The van der Waals surface area contributed by atoms with Crippen molar-refractivity contribution in [3.8, 4) is 16.9 Å². The van der Waals surface area contributed by atoms with E-state index in [-0.39, 0.29) is 6.61 Å². The minimum absolute atomic E-state index is 0.322. The molecule has 0 radical (unpaired) electrons. The van der Waals surface area contributed by atoms with E-state index in [2.05, 4.69) is 0 Å². The van der Waals surface area contributed by atoms with Crippen LogP contribution in [-0.2, 0) is 4.79 Å². The first-order valence-corrected chi connectivity index (χ1v) is 5.67. The van der Waals surface area contributed by atoms with Gasteiger partial charge in [-0.15, -0.1) is 0 Å². The lowest BCUT2D eigenvalue weighted by atomic mass is 10.0. The Morgan fingerprint density at radius 2 is 1.94 bits per heavy atom. The van der Waals surface area contributed by atoms with E-state index in [1.54, 1.807) is 6.07 Å². The number of aryl methyl sites for hydroxylation is 1. The normalized spacial score (nSPS) is 10.1. The maximum Gasteiger partial charge on any atom is 0.341 e. The van der Waals surface area contributed by atoms with Crippen LogP contribution in [0.3, 0.4) is 0 Å². The molecule has 0 saturated carbocycles. The van der Waals surface area contributed by atoms with Gasteiger partial charge in [0, 0.05) is 0 Å². The van der Waals surface area contributed by atoms with E-state index < -0.39 is 5.97 Å². The Balaban J connectivity index is 2.27. The molecule has 0 amide bonds. The first-order chi connectivity index (χ1) is 8.66. The molecule has 0 aliphatic heterocycles. The summed E-state index contributed by atoms with van der Waals surface area (Å²) in [6.45, 7) is 1.72. The molecule has 0 fully saturated rings. The number of rotatable bonds is 4. The van der Waals surface area contributed by atoms with Gasteiger partial charge in [-0.05, 0) is 35.7 Å². The van der Waals surface area contributed by atoms with E-state index >= 15 is 0 Å². The van der Waals surface area contributed by atoms with Gasteiger partial charge in [0.05, 0.1) is 0 Å². The van der Waals surface area contributed by atoms with Gasteiger partial charge in [-0.1, -0.05) is 36.4 Å². The molecule has 2 aromatic carbocycles. The highest BCUT2D eigenvalue weighted by molar-refractivity contribution is 5.70. The lowest BCUT2D eigenvalue weighted by Gasteiger charge is -2.08. The van der Waals surface area contributed by atoms with Crippen molar-refractivity contribution in [1.82, 2.24) is 0 Å². The molecule has 0 spiro atoms. The monoisotopic (exact) mass is 242 g/mol. The van der Waals surface area contributed by atoms with Crippen LogP contribution in [0.4, 0.5) is 0 Å². The maximum absolute atomic E-state index is 10.5. The first-order valence-electron chi connectivity index (χ1n) is 5.67. The zero-order chi connectivity index (χ0) is 13.0. The molecule has 2 aromatic rings. The van der Waals surface area contributed by atoms with Crippen LogP contribution in [0.2, 0.25) is 0 Å². The van der Waals surface area contributed by atoms with Crippen molar-refractivity contribution in [3.63, 3.8) is 0 Å². The van der Waals surface area contributed by atoms with Crippen molar-refractivity contribution >= 4 is 5.97 Å².